The van der Waals surface area contributed by atoms with Gasteiger partial charge in [0.1, 0.15) is 11.5 Å². The first-order valence-electron chi connectivity index (χ1n) is 11.3. The van der Waals surface area contributed by atoms with Crippen molar-refractivity contribution in [3.05, 3.63) is 71.2 Å². The van der Waals surface area contributed by atoms with Gasteiger partial charge in [0, 0.05) is 23.5 Å². The number of hydrogen-bond donors (Lipinski definition) is 2. The standard InChI is InChI=1S/C26H32N4O/c1-18(27)25(19(2)31)21-15-16-30-24(17-21)29-23(14-13-20-9-5-3-6-10-20)26(30)28-22-11-7-4-8-12-22/h3,5-6,9-10,15-17,22,28H,4,7-8,11-14,27H2,1-2H3. The molecule has 3 aromatic rings. The number of nitrogens with zero attached hydrogens (tertiary/aromatic N) is 2. The van der Waals surface area contributed by atoms with Crippen LogP contribution in [0.25, 0.3) is 11.2 Å². The molecule has 2 heterocycles. The van der Waals surface area contributed by atoms with Crippen LogP contribution in [0.3, 0.4) is 0 Å². The molecule has 0 unspecified atom stereocenters. The fourth-order valence-electron chi connectivity index (χ4n) is 4.63. The third kappa shape index (κ3) is 4.82. The van der Waals surface area contributed by atoms with Crippen LogP contribution >= 0.6 is 0 Å². The van der Waals surface area contributed by atoms with Crippen LogP contribution in [0.2, 0.25) is 0 Å². The van der Waals surface area contributed by atoms with E-state index < -0.39 is 0 Å². The summed E-state index contributed by atoms with van der Waals surface area (Å²) in [4.78, 5) is 17.1. The van der Waals surface area contributed by atoms with Gasteiger partial charge in [0.2, 0.25) is 0 Å². The van der Waals surface area contributed by atoms with E-state index in [1.165, 1.54) is 37.7 Å². The summed E-state index contributed by atoms with van der Waals surface area (Å²) < 4.78 is 2.13. The molecule has 0 saturated heterocycles. The van der Waals surface area contributed by atoms with Crippen molar-refractivity contribution in [2.45, 2.75) is 64.8 Å². The van der Waals surface area contributed by atoms with E-state index >= 15 is 0 Å². The van der Waals surface area contributed by atoms with Crippen molar-refractivity contribution in [3.8, 4) is 0 Å². The van der Waals surface area contributed by atoms with E-state index in [2.05, 4.69) is 34.0 Å². The third-order valence-corrected chi connectivity index (χ3v) is 6.17. The van der Waals surface area contributed by atoms with Gasteiger partial charge in [-0.25, -0.2) is 4.98 Å². The van der Waals surface area contributed by atoms with Gasteiger partial charge in [-0.15, -0.1) is 0 Å². The van der Waals surface area contributed by atoms with Crippen molar-refractivity contribution >= 4 is 22.8 Å². The summed E-state index contributed by atoms with van der Waals surface area (Å²) in [5.41, 5.74) is 11.2. The van der Waals surface area contributed by atoms with Crippen LogP contribution in [0.4, 0.5) is 5.82 Å². The number of hydrogen-bond acceptors (Lipinski definition) is 4. The number of ketones is 1. The van der Waals surface area contributed by atoms with Crippen molar-refractivity contribution in [1.82, 2.24) is 9.38 Å². The Kier molecular flexibility index (Phi) is 6.40. The maximum absolute atomic E-state index is 12.1. The molecule has 162 valence electrons. The molecule has 4 rings (SSSR count). The molecule has 1 aliphatic carbocycles. The summed E-state index contributed by atoms with van der Waals surface area (Å²) in [6.45, 7) is 3.33. The Bertz CT molecular complexity index is 1090. The van der Waals surface area contributed by atoms with Gasteiger partial charge in [-0.1, -0.05) is 49.6 Å². The lowest BCUT2D eigenvalue weighted by atomic mass is 9.95. The van der Waals surface area contributed by atoms with Gasteiger partial charge in [-0.05, 0) is 62.8 Å². The highest BCUT2D eigenvalue weighted by atomic mass is 16.1. The Hall–Kier alpha value is -3.08. The first-order chi connectivity index (χ1) is 15.0. The van der Waals surface area contributed by atoms with E-state index in [4.69, 9.17) is 10.7 Å². The Labute approximate surface area is 184 Å². The third-order valence-electron chi connectivity index (χ3n) is 6.17. The van der Waals surface area contributed by atoms with Gasteiger partial charge in [0.05, 0.1) is 5.69 Å². The average molecular weight is 417 g/mol. The first kappa shape index (κ1) is 21.2. The van der Waals surface area contributed by atoms with E-state index in [0.717, 1.165) is 35.6 Å². The highest BCUT2D eigenvalue weighted by Crippen LogP contribution is 2.28. The van der Waals surface area contributed by atoms with Crippen LogP contribution in [0.5, 0.6) is 0 Å². The number of carbonyl (C=O) groups is 1. The topological polar surface area (TPSA) is 72.4 Å². The number of Topliss-reactive ketones (excluding diaryl/α,β-unsaturated/α-hetero) is 1. The summed E-state index contributed by atoms with van der Waals surface area (Å²) in [5.74, 6) is 1.06. The van der Waals surface area contributed by atoms with Crippen LogP contribution in [0.15, 0.2) is 54.4 Å². The normalized spacial score (nSPS) is 15.7. The van der Waals surface area contributed by atoms with Gasteiger partial charge >= 0.3 is 0 Å². The summed E-state index contributed by atoms with van der Waals surface area (Å²) in [5, 5.41) is 3.80. The predicted molar refractivity (Wildman–Crippen MR) is 127 cm³/mol. The maximum atomic E-state index is 12.1. The number of anilines is 1. The second-order valence-corrected chi connectivity index (χ2v) is 8.63. The summed E-state index contributed by atoms with van der Waals surface area (Å²) in [6, 6.07) is 15.0. The van der Waals surface area contributed by atoms with Gasteiger partial charge < -0.3 is 11.1 Å². The number of nitrogens with one attached hydrogen (secondary N) is 1. The SMILES string of the molecule is CC(=O)C(=C(C)N)c1ccn2c(NC3CCCCC3)c(CCc3ccccc3)nc2c1. The molecule has 0 amide bonds. The summed E-state index contributed by atoms with van der Waals surface area (Å²) >= 11 is 0. The minimum atomic E-state index is -0.0271. The Morgan fingerprint density at radius 1 is 1.10 bits per heavy atom. The minimum absolute atomic E-state index is 0.0271. The number of imidazole rings is 1. The number of aromatic nitrogens is 2. The maximum Gasteiger partial charge on any atom is 0.162 e. The Morgan fingerprint density at radius 3 is 2.52 bits per heavy atom. The van der Waals surface area contributed by atoms with Crippen molar-refractivity contribution in [1.29, 1.82) is 0 Å². The largest absolute Gasteiger partial charge is 0.402 e. The number of pyridine rings is 1. The van der Waals surface area contributed by atoms with Crippen LogP contribution in [-0.4, -0.2) is 21.2 Å². The highest BCUT2D eigenvalue weighted by Gasteiger charge is 2.20. The zero-order valence-electron chi connectivity index (χ0n) is 18.5. The van der Waals surface area contributed by atoms with Gasteiger partial charge in [-0.3, -0.25) is 9.20 Å². The van der Waals surface area contributed by atoms with Crippen molar-refractivity contribution in [2.24, 2.45) is 5.73 Å². The van der Waals surface area contributed by atoms with E-state index in [0.29, 0.717) is 17.3 Å². The van der Waals surface area contributed by atoms with E-state index in [9.17, 15) is 4.79 Å². The molecule has 0 aliphatic heterocycles. The number of nitrogens with two attached hydrogens (primary N) is 1. The quantitative estimate of drug-likeness (QED) is 0.523. The molecule has 0 spiro atoms. The van der Waals surface area contributed by atoms with Gasteiger partial charge in [0.25, 0.3) is 0 Å². The molecule has 3 N–H and O–H groups in total. The molecule has 2 aromatic heterocycles. The number of carbonyl (C=O) groups excluding carboxylic acids is 1. The zero-order chi connectivity index (χ0) is 21.8. The van der Waals surface area contributed by atoms with Gasteiger partial charge in [0.15, 0.2) is 5.78 Å². The average Bonchev–Trinajstić information content (AvgIpc) is 3.10. The van der Waals surface area contributed by atoms with Gasteiger partial charge in [-0.2, -0.15) is 0 Å². The second kappa shape index (κ2) is 9.38. The number of aryl methyl sites for hydroxylation is 2. The molecule has 5 nitrogen and oxygen atoms in total. The van der Waals surface area contributed by atoms with E-state index in [1.54, 1.807) is 13.8 Å². The van der Waals surface area contributed by atoms with E-state index in [-0.39, 0.29) is 5.78 Å². The highest BCUT2D eigenvalue weighted by molar-refractivity contribution is 6.20. The molecule has 31 heavy (non-hydrogen) atoms. The van der Waals surface area contributed by atoms with Crippen molar-refractivity contribution in [2.75, 3.05) is 5.32 Å². The Balaban J connectivity index is 1.71. The molecule has 1 aliphatic rings. The predicted octanol–water partition coefficient (Wildman–Crippen LogP) is 5.14. The fraction of sp³-hybridized carbons (Fsp3) is 0.385. The smallest absolute Gasteiger partial charge is 0.162 e. The van der Waals surface area contributed by atoms with Crippen LogP contribution < -0.4 is 11.1 Å². The minimum Gasteiger partial charge on any atom is -0.402 e. The molecule has 0 radical (unpaired) electrons. The van der Waals surface area contributed by atoms with Crippen LogP contribution in [0.1, 0.15) is 62.8 Å². The number of rotatable bonds is 7. The first-order valence-corrected chi connectivity index (χ1v) is 11.3. The lowest BCUT2D eigenvalue weighted by molar-refractivity contribution is -0.111. The fourth-order valence-corrected chi connectivity index (χ4v) is 4.63. The molecular weight excluding hydrogens is 384 g/mol. The van der Waals surface area contributed by atoms with Crippen LogP contribution in [0, 0.1) is 0 Å². The Morgan fingerprint density at radius 2 is 1.84 bits per heavy atom. The van der Waals surface area contributed by atoms with Crippen molar-refractivity contribution in [3.63, 3.8) is 0 Å². The number of allylic oxidation sites excluding steroid dienone is 2. The molecule has 1 aromatic carbocycles. The summed E-state index contributed by atoms with van der Waals surface area (Å²) in [7, 11) is 0. The summed E-state index contributed by atoms with van der Waals surface area (Å²) in [6.07, 6.45) is 10.1. The molecule has 0 atom stereocenters. The molecule has 5 heteroatoms. The lowest BCUT2D eigenvalue weighted by Gasteiger charge is -2.24. The number of benzene rings is 1. The van der Waals surface area contributed by atoms with Crippen molar-refractivity contribution < 1.29 is 4.79 Å². The number of fused-ring (bicyclic) bond motifs is 1. The van der Waals surface area contributed by atoms with E-state index in [1.807, 2.05) is 24.4 Å². The lowest BCUT2D eigenvalue weighted by Crippen LogP contribution is -2.23. The molecule has 1 fully saturated rings. The van der Waals surface area contributed by atoms with Crippen LogP contribution in [-0.2, 0) is 17.6 Å². The monoisotopic (exact) mass is 416 g/mol. The zero-order valence-corrected chi connectivity index (χ0v) is 18.5. The second-order valence-electron chi connectivity index (χ2n) is 8.63. The molecular formula is C26H32N4O. The molecule has 1 saturated carbocycles. The molecule has 0 bridgehead atoms.